The van der Waals surface area contributed by atoms with Crippen LogP contribution in [-0.4, -0.2) is 36.6 Å². The predicted octanol–water partition coefficient (Wildman–Crippen LogP) is 0.111. The molecule has 0 saturated carbocycles. The van der Waals surface area contributed by atoms with Gasteiger partial charge < -0.3 is 5.32 Å². The van der Waals surface area contributed by atoms with Gasteiger partial charge in [-0.25, -0.2) is 22.3 Å². The van der Waals surface area contributed by atoms with Gasteiger partial charge in [0.25, 0.3) is 5.91 Å². The van der Waals surface area contributed by atoms with Gasteiger partial charge >= 0.3 is 0 Å². The van der Waals surface area contributed by atoms with Gasteiger partial charge in [0.05, 0.1) is 0 Å². The number of carbonyl (C=O) groups excluding carboxylic acids is 1. The van der Waals surface area contributed by atoms with Crippen molar-refractivity contribution >= 4 is 26.7 Å². The maximum atomic E-state index is 13.9. The number of primary sulfonamides is 1. The lowest BCUT2D eigenvalue weighted by Gasteiger charge is -2.09. The van der Waals surface area contributed by atoms with Crippen molar-refractivity contribution in [3.05, 3.63) is 29.3 Å². The molecular weight excluding hydrogens is 326 g/mol. The highest BCUT2D eigenvalue weighted by molar-refractivity contribution is 7.89. The first-order valence-corrected chi connectivity index (χ1v) is 8.85. The summed E-state index contributed by atoms with van der Waals surface area (Å²) in [6.07, 6.45) is 0. The summed E-state index contributed by atoms with van der Waals surface area (Å²) in [6.45, 7) is 1.63. The number of amides is 1. The summed E-state index contributed by atoms with van der Waals surface area (Å²) < 4.78 is 60.9. The lowest BCUT2D eigenvalue weighted by Crippen LogP contribution is -2.30. The summed E-state index contributed by atoms with van der Waals surface area (Å²) in [4.78, 5) is 10.7. The van der Waals surface area contributed by atoms with Crippen LogP contribution in [0.25, 0.3) is 0 Å². The molecule has 0 aliphatic heterocycles. The van der Waals surface area contributed by atoms with E-state index in [0.29, 0.717) is 17.9 Å². The van der Waals surface area contributed by atoms with E-state index in [1.807, 2.05) is 0 Å². The van der Waals surface area contributed by atoms with Crippen LogP contribution in [0.15, 0.2) is 17.0 Å². The van der Waals surface area contributed by atoms with E-state index in [1.54, 1.807) is 6.92 Å². The number of nitrogens with one attached hydrogen (secondary N) is 1. The number of sulfonamides is 1. The smallest absolute Gasteiger partial charge is 0.257 e. The molecule has 0 saturated heterocycles. The van der Waals surface area contributed by atoms with E-state index >= 15 is 0 Å². The molecule has 0 bridgehead atoms. The summed E-state index contributed by atoms with van der Waals surface area (Å²) in [6, 6.07) is 1.28. The van der Waals surface area contributed by atoms with Crippen molar-refractivity contribution in [2.75, 3.05) is 18.1 Å². The molecule has 118 valence electrons. The number of halogens is 2. The molecule has 1 amide bonds. The summed E-state index contributed by atoms with van der Waals surface area (Å²) in [5, 5.41) is 6.95. The first kappa shape index (κ1) is 17.7. The molecule has 1 atom stereocenters. The fourth-order valence-electron chi connectivity index (χ4n) is 1.47. The standard InChI is InChI=1S/C11H14F2N2O4S2/c1-2-20(17)6-5-15-11(16)9-7(12)3-4-8(10(9)13)21(14,18)19/h3-4H,2,5-6H2,1H3,(H,15,16)(H2,14,18,19). The average molecular weight is 340 g/mol. The quantitative estimate of drug-likeness (QED) is 0.766. The molecule has 0 aromatic heterocycles. The molecule has 1 unspecified atom stereocenters. The Morgan fingerprint density at radius 1 is 1.38 bits per heavy atom. The second kappa shape index (κ2) is 7.05. The summed E-state index contributed by atoms with van der Waals surface area (Å²) >= 11 is 0. The first-order chi connectivity index (χ1) is 9.68. The van der Waals surface area contributed by atoms with Crippen LogP contribution in [0.1, 0.15) is 17.3 Å². The monoisotopic (exact) mass is 340 g/mol. The van der Waals surface area contributed by atoms with Crippen molar-refractivity contribution in [1.29, 1.82) is 0 Å². The minimum atomic E-state index is -4.41. The van der Waals surface area contributed by atoms with Gasteiger partial charge in [0.15, 0.2) is 5.82 Å². The molecule has 0 aliphatic carbocycles. The van der Waals surface area contributed by atoms with E-state index in [0.717, 1.165) is 0 Å². The van der Waals surface area contributed by atoms with Gasteiger partial charge in [0, 0.05) is 28.9 Å². The highest BCUT2D eigenvalue weighted by Gasteiger charge is 2.24. The normalized spacial score (nSPS) is 13.0. The third-order valence-corrected chi connectivity index (χ3v) is 4.76. The lowest BCUT2D eigenvalue weighted by atomic mass is 10.2. The number of nitrogens with two attached hydrogens (primary N) is 1. The summed E-state index contributed by atoms with van der Waals surface area (Å²) in [5.41, 5.74) is -1.04. The Labute approximate surface area is 123 Å². The maximum Gasteiger partial charge on any atom is 0.257 e. The van der Waals surface area contributed by atoms with Crippen LogP contribution in [0, 0.1) is 11.6 Å². The van der Waals surface area contributed by atoms with Crippen molar-refractivity contribution < 1.29 is 26.2 Å². The Hall–Kier alpha value is -1.39. The molecule has 3 N–H and O–H groups in total. The van der Waals surface area contributed by atoms with Crippen LogP contribution in [-0.2, 0) is 20.8 Å². The first-order valence-electron chi connectivity index (χ1n) is 5.82. The Bertz CT molecular complexity index is 677. The molecule has 1 rings (SSSR count). The van der Waals surface area contributed by atoms with Crippen LogP contribution in [0.3, 0.4) is 0 Å². The molecule has 10 heteroatoms. The van der Waals surface area contributed by atoms with E-state index in [1.165, 1.54) is 0 Å². The molecule has 0 heterocycles. The third kappa shape index (κ3) is 4.55. The SMILES string of the molecule is CCS(=O)CCNC(=O)c1c(F)ccc(S(N)(=O)=O)c1F. The van der Waals surface area contributed by atoms with Crippen LogP contribution in [0.5, 0.6) is 0 Å². The van der Waals surface area contributed by atoms with Crippen molar-refractivity contribution in [2.45, 2.75) is 11.8 Å². The molecule has 0 radical (unpaired) electrons. The van der Waals surface area contributed by atoms with E-state index in [4.69, 9.17) is 5.14 Å². The summed E-state index contributed by atoms with van der Waals surface area (Å²) in [5.74, 6) is -3.39. The van der Waals surface area contributed by atoms with Crippen LogP contribution < -0.4 is 10.5 Å². The number of benzene rings is 1. The van der Waals surface area contributed by atoms with Gasteiger partial charge in [-0.2, -0.15) is 0 Å². The van der Waals surface area contributed by atoms with Gasteiger partial charge in [-0.15, -0.1) is 0 Å². The molecule has 1 aromatic carbocycles. The molecule has 1 aromatic rings. The van der Waals surface area contributed by atoms with Gasteiger partial charge in [-0.3, -0.25) is 9.00 Å². The second-order valence-electron chi connectivity index (χ2n) is 3.97. The minimum Gasteiger partial charge on any atom is -0.351 e. The minimum absolute atomic E-state index is 0.0578. The zero-order chi connectivity index (χ0) is 16.2. The third-order valence-electron chi connectivity index (χ3n) is 2.53. The van der Waals surface area contributed by atoms with Gasteiger partial charge in [-0.1, -0.05) is 6.92 Å². The fraction of sp³-hybridized carbons (Fsp3) is 0.364. The molecule has 0 spiro atoms. The van der Waals surface area contributed by atoms with Gasteiger partial charge in [-0.05, 0) is 12.1 Å². The van der Waals surface area contributed by atoms with E-state index in [9.17, 15) is 26.2 Å². The Morgan fingerprint density at radius 2 is 2.00 bits per heavy atom. The van der Waals surface area contributed by atoms with Gasteiger partial charge in [0.1, 0.15) is 16.3 Å². The maximum absolute atomic E-state index is 13.9. The fourth-order valence-corrected chi connectivity index (χ4v) is 2.70. The van der Waals surface area contributed by atoms with Gasteiger partial charge in [0.2, 0.25) is 10.0 Å². The van der Waals surface area contributed by atoms with Crippen LogP contribution in [0.2, 0.25) is 0 Å². The lowest BCUT2D eigenvalue weighted by molar-refractivity contribution is 0.0947. The van der Waals surface area contributed by atoms with Crippen LogP contribution in [0.4, 0.5) is 8.78 Å². The highest BCUT2D eigenvalue weighted by Crippen LogP contribution is 2.20. The zero-order valence-corrected chi connectivity index (χ0v) is 12.7. The Morgan fingerprint density at radius 3 is 2.52 bits per heavy atom. The van der Waals surface area contributed by atoms with Crippen molar-refractivity contribution in [3.63, 3.8) is 0 Å². The zero-order valence-electron chi connectivity index (χ0n) is 11.1. The van der Waals surface area contributed by atoms with Crippen LogP contribution >= 0.6 is 0 Å². The number of carbonyl (C=O) groups is 1. The average Bonchev–Trinajstić information content (AvgIpc) is 2.36. The molecule has 21 heavy (non-hydrogen) atoms. The number of hydrogen-bond acceptors (Lipinski definition) is 4. The number of hydrogen-bond donors (Lipinski definition) is 2. The Balaban J connectivity index is 3.02. The Kier molecular flexibility index (Phi) is 5.93. The molecular formula is C11H14F2N2O4S2. The second-order valence-corrected chi connectivity index (χ2v) is 7.36. The van der Waals surface area contributed by atoms with Crippen molar-refractivity contribution in [2.24, 2.45) is 5.14 Å². The summed E-state index contributed by atoms with van der Waals surface area (Å²) in [7, 11) is -5.56. The van der Waals surface area contributed by atoms with Crippen molar-refractivity contribution in [3.8, 4) is 0 Å². The molecule has 0 fully saturated rings. The predicted molar refractivity (Wildman–Crippen MR) is 73.6 cm³/mol. The topological polar surface area (TPSA) is 106 Å². The van der Waals surface area contributed by atoms with E-state index in [2.05, 4.69) is 5.32 Å². The highest BCUT2D eigenvalue weighted by atomic mass is 32.2. The largest absolute Gasteiger partial charge is 0.351 e. The molecule has 0 aliphatic rings. The van der Waals surface area contributed by atoms with E-state index in [-0.39, 0.29) is 12.3 Å². The van der Waals surface area contributed by atoms with Crippen molar-refractivity contribution in [1.82, 2.24) is 5.32 Å². The van der Waals surface area contributed by atoms with E-state index < -0.39 is 48.8 Å². The molecule has 6 nitrogen and oxygen atoms in total. The number of rotatable bonds is 6.